The normalized spacial score (nSPS) is 11.1. The molecule has 1 N–H and O–H groups in total. The molecule has 0 spiro atoms. The third-order valence-corrected chi connectivity index (χ3v) is 2.95. The SMILES string of the molecule is O=S(=O)(Nc1nccnn1)c1ncccc1F. The van der Waals surface area contributed by atoms with E-state index in [-0.39, 0.29) is 5.95 Å². The molecule has 0 saturated carbocycles. The second-order valence-corrected chi connectivity index (χ2v) is 4.46. The van der Waals surface area contributed by atoms with Gasteiger partial charge in [0.2, 0.25) is 5.03 Å². The lowest BCUT2D eigenvalue weighted by Crippen LogP contribution is -2.18. The fraction of sp³-hybridized carbons (Fsp3) is 0. The summed E-state index contributed by atoms with van der Waals surface area (Å²) in [5, 5.41) is 6.13. The lowest BCUT2D eigenvalue weighted by atomic mass is 10.5. The molecule has 2 heterocycles. The van der Waals surface area contributed by atoms with Gasteiger partial charge < -0.3 is 0 Å². The molecule has 0 aliphatic rings. The Morgan fingerprint density at radius 2 is 2.00 bits per heavy atom. The van der Waals surface area contributed by atoms with Crippen LogP contribution in [0.2, 0.25) is 0 Å². The molecule has 0 saturated heterocycles. The van der Waals surface area contributed by atoms with Gasteiger partial charge in [-0.25, -0.2) is 19.1 Å². The van der Waals surface area contributed by atoms with Crippen molar-refractivity contribution in [2.24, 2.45) is 0 Å². The minimum atomic E-state index is -4.15. The summed E-state index contributed by atoms with van der Waals surface area (Å²) >= 11 is 0. The maximum Gasteiger partial charge on any atom is 0.284 e. The summed E-state index contributed by atoms with van der Waals surface area (Å²) in [6.07, 6.45) is 3.69. The molecular formula is C8H6FN5O2S. The summed E-state index contributed by atoms with van der Waals surface area (Å²) in [5.74, 6) is -1.21. The van der Waals surface area contributed by atoms with Crippen molar-refractivity contribution < 1.29 is 12.8 Å². The summed E-state index contributed by atoms with van der Waals surface area (Å²) in [6, 6.07) is 2.28. The van der Waals surface area contributed by atoms with Crippen molar-refractivity contribution in [3.63, 3.8) is 0 Å². The minimum Gasteiger partial charge on any atom is -0.244 e. The number of hydrogen-bond acceptors (Lipinski definition) is 6. The van der Waals surface area contributed by atoms with Gasteiger partial charge in [-0.1, -0.05) is 0 Å². The van der Waals surface area contributed by atoms with Crippen LogP contribution in [0, 0.1) is 5.82 Å². The number of sulfonamides is 1. The molecule has 0 aliphatic heterocycles. The smallest absolute Gasteiger partial charge is 0.244 e. The second kappa shape index (κ2) is 4.37. The first-order chi connectivity index (χ1) is 8.09. The number of hydrogen-bond donors (Lipinski definition) is 1. The molecule has 0 radical (unpaired) electrons. The van der Waals surface area contributed by atoms with Crippen LogP contribution in [-0.4, -0.2) is 28.6 Å². The van der Waals surface area contributed by atoms with Gasteiger partial charge in [0.1, 0.15) is 0 Å². The third kappa shape index (κ3) is 2.50. The quantitative estimate of drug-likeness (QED) is 0.841. The summed E-state index contributed by atoms with van der Waals surface area (Å²) in [4.78, 5) is 7.05. The van der Waals surface area contributed by atoms with E-state index in [2.05, 4.69) is 20.2 Å². The fourth-order valence-electron chi connectivity index (χ4n) is 1.03. The van der Waals surface area contributed by atoms with Crippen LogP contribution in [0.25, 0.3) is 0 Å². The molecule has 9 heteroatoms. The van der Waals surface area contributed by atoms with Crippen LogP contribution in [0.15, 0.2) is 35.7 Å². The van der Waals surface area contributed by atoms with Crippen molar-refractivity contribution in [1.82, 2.24) is 20.2 Å². The van der Waals surface area contributed by atoms with Crippen molar-refractivity contribution in [2.75, 3.05) is 4.72 Å². The molecule has 7 nitrogen and oxygen atoms in total. The zero-order valence-corrected chi connectivity index (χ0v) is 9.09. The van der Waals surface area contributed by atoms with Gasteiger partial charge in [-0.3, -0.25) is 0 Å². The number of anilines is 1. The summed E-state index contributed by atoms with van der Waals surface area (Å²) < 4.78 is 38.6. The van der Waals surface area contributed by atoms with E-state index in [9.17, 15) is 12.8 Å². The Morgan fingerprint density at radius 1 is 1.18 bits per heavy atom. The summed E-state index contributed by atoms with van der Waals surface area (Å²) in [6.45, 7) is 0. The first kappa shape index (κ1) is 11.3. The maximum absolute atomic E-state index is 13.2. The number of nitrogens with one attached hydrogen (secondary N) is 1. The van der Waals surface area contributed by atoms with Gasteiger partial charge in [-0.05, 0) is 12.1 Å². The fourth-order valence-corrected chi connectivity index (χ4v) is 1.99. The first-order valence-corrected chi connectivity index (χ1v) is 5.85. The summed E-state index contributed by atoms with van der Waals surface area (Å²) in [5.41, 5.74) is 0. The average Bonchev–Trinajstić information content (AvgIpc) is 2.30. The zero-order valence-electron chi connectivity index (χ0n) is 8.28. The molecule has 0 bridgehead atoms. The van der Waals surface area contributed by atoms with Crippen molar-refractivity contribution in [1.29, 1.82) is 0 Å². The van der Waals surface area contributed by atoms with Crippen LogP contribution >= 0.6 is 0 Å². The van der Waals surface area contributed by atoms with E-state index in [0.717, 1.165) is 6.07 Å². The Balaban J connectivity index is 2.36. The predicted octanol–water partition coefficient (Wildman–Crippen LogP) is 0.206. The van der Waals surface area contributed by atoms with Gasteiger partial charge >= 0.3 is 0 Å². The molecule has 2 aromatic heterocycles. The molecular weight excluding hydrogens is 249 g/mol. The first-order valence-electron chi connectivity index (χ1n) is 4.36. The van der Waals surface area contributed by atoms with Crippen molar-refractivity contribution in [2.45, 2.75) is 5.03 Å². The molecule has 2 rings (SSSR count). The highest BCUT2D eigenvalue weighted by Crippen LogP contribution is 2.12. The maximum atomic E-state index is 13.2. The molecule has 0 unspecified atom stereocenters. The standard InChI is InChI=1S/C8H6FN5O2S/c9-6-2-1-3-10-7(6)17(15,16)14-8-11-4-5-12-13-8/h1-5H,(H,11,13,14). The topological polar surface area (TPSA) is 97.7 Å². The van der Waals surface area contributed by atoms with Crippen LogP contribution in [0.1, 0.15) is 0 Å². The Bertz CT molecular complexity index is 619. The van der Waals surface area contributed by atoms with E-state index in [4.69, 9.17) is 0 Å². The lowest BCUT2D eigenvalue weighted by molar-refractivity contribution is 0.556. The Morgan fingerprint density at radius 3 is 2.65 bits per heavy atom. The van der Waals surface area contributed by atoms with E-state index in [1.807, 2.05) is 4.72 Å². The van der Waals surface area contributed by atoms with Gasteiger partial charge in [0.25, 0.3) is 16.0 Å². The van der Waals surface area contributed by atoms with Crippen LogP contribution < -0.4 is 4.72 Å². The van der Waals surface area contributed by atoms with Crippen LogP contribution in [-0.2, 0) is 10.0 Å². The number of halogens is 1. The minimum absolute atomic E-state index is 0.252. The average molecular weight is 255 g/mol. The van der Waals surface area contributed by atoms with Crippen LogP contribution in [0.5, 0.6) is 0 Å². The number of pyridine rings is 1. The van der Waals surface area contributed by atoms with Crippen molar-refractivity contribution >= 4 is 16.0 Å². The van der Waals surface area contributed by atoms with E-state index < -0.39 is 20.9 Å². The number of nitrogens with zero attached hydrogens (tertiary/aromatic N) is 4. The highest BCUT2D eigenvalue weighted by Gasteiger charge is 2.21. The van der Waals surface area contributed by atoms with E-state index in [1.54, 1.807) is 0 Å². The highest BCUT2D eigenvalue weighted by molar-refractivity contribution is 7.92. The third-order valence-electron chi connectivity index (χ3n) is 1.69. The molecule has 0 aromatic carbocycles. The van der Waals surface area contributed by atoms with E-state index in [0.29, 0.717) is 0 Å². The molecule has 88 valence electrons. The Hall–Kier alpha value is -2.16. The Kier molecular flexibility index (Phi) is 2.91. The van der Waals surface area contributed by atoms with E-state index >= 15 is 0 Å². The van der Waals surface area contributed by atoms with Crippen LogP contribution in [0.4, 0.5) is 10.3 Å². The van der Waals surface area contributed by atoms with Crippen molar-refractivity contribution in [3.8, 4) is 0 Å². The number of aromatic nitrogens is 4. The van der Waals surface area contributed by atoms with E-state index in [1.165, 1.54) is 24.7 Å². The number of rotatable bonds is 3. The second-order valence-electron chi connectivity index (χ2n) is 2.86. The molecule has 17 heavy (non-hydrogen) atoms. The monoisotopic (exact) mass is 255 g/mol. The largest absolute Gasteiger partial charge is 0.284 e. The van der Waals surface area contributed by atoms with Gasteiger partial charge in [0.05, 0.1) is 12.4 Å². The van der Waals surface area contributed by atoms with Crippen molar-refractivity contribution in [3.05, 3.63) is 36.5 Å². The highest BCUT2D eigenvalue weighted by atomic mass is 32.2. The van der Waals surface area contributed by atoms with Gasteiger partial charge in [0.15, 0.2) is 5.82 Å². The molecule has 0 aliphatic carbocycles. The van der Waals surface area contributed by atoms with Gasteiger partial charge in [-0.15, -0.1) is 5.10 Å². The molecule has 0 fully saturated rings. The summed E-state index contributed by atoms with van der Waals surface area (Å²) in [7, 11) is -4.15. The Labute approximate surface area is 95.8 Å². The lowest BCUT2D eigenvalue weighted by Gasteiger charge is -2.04. The molecule has 0 atom stereocenters. The van der Waals surface area contributed by atoms with Gasteiger partial charge in [0, 0.05) is 6.20 Å². The predicted molar refractivity (Wildman–Crippen MR) is 54.8 cm³/mol. The molecule has 0 amide bonds. The van der Waals surface area contributed by atoms with Crippen LogP contribution in [0.3, 0.4) is 0 Å². The zero-order chi connectivity index (χ0) is 12.3. The molecule has 2 aromatic rings. The van der Waals surface area contributed by atoms with Gasteiger partial charge in [-0.2, -0.15) is 13.5 Å².